The van der Waals surface area contributed by atoms with Gasteiger partial charge in [0, 0.05) is 26.1 Å². The van der Waals surface area contributed by atoms with Crippen molar-refractivity contribution in [3.05, 3.63) is 0 Å². The number of amides is 2. The Balaban J connectivity index is 1.89. The molecule has 2 atom stereocenters. The average Bonchev–Trinajstić information content (AvgIpc) is 2.72. The van der Waals surface area contributed by atoms with E-state index in [9.17, 15) is 9.59 Å². The van der Waals surface area contributed by atoms with Crippen LogP contribution in [0, 0.1) is 0 Å². The smallest absolute Gasteiger partial charge is 0.240 e. The molecule has 5 nitrogen and oxygen atoms in total. The van der Waals surface area contributed by atoms with Crippen LogP contribution in [0.3, 0.4) is 0 Å². The largest absolute Gasteiger partial charge is 0.350 e. The summed E-state index contributed by atoms with van der Waals surface area (Å²) in [6.45, 7) is 3.49. The predicted octanol–water partition coefficient (Wildman–Crippen LogP) is -0.134. The Labute approximate surface area is 102 Å². The Bertz CT molecular complexity index is 324. The van der Waals surface area contributed by atoms with Gasteiger partial charge in [-0.25, -0.2) is 0 Å². The topological polar surface area (TPSA) is 61.4 Å². The zero-order valence-corrected chi connectivity index (χ0v) is 10.6. The zero-order valence-electron chi connectivity index (χ0n) is 10.6. The lowest BCUT2D eigenvalue weighted by atomic mass is 9.97. The van der Waals surface area contributed by atoms with Gasteiger partial charge < -0.3 is 15.5 Å². The number of hydrogen-bond acceptors (Lipinski definition) is 3. The van der Waals surface area contributed by atoms with Crippen molar-refractivity contribution >= 4 is 11.8 Å². The van der Waals surface area contributed by atoms with Gasteiger partial charge in [-0.05, 0) is 32.7 Å². The van der Waals surface area contributed by atoms with Crippen LogP contribution in [-0.4, -0.2) is 48.4 Å². The third-order valence-electron chi connectivity index (χ3n) is 3.83. The Morgan fingerprint density at radius 3 is 2.94 bits per heavy atom. The summed E-state index contributed by atoms with van der Waals surface area (Å²) in [5.41, 5.74) is -0.417. The molecule has 0 aliphatic carbocycles. The summed E-state index contributed by atoms with van der Waals surface area (Å²) in [6, 6.07) is 0.101. The Morgan fingerprint density at radius 2 is 2.35 bits per heavy atom. The SMILES string of the molecule is CN1CC(NC(=O)C2(C)CCCN2)CCC1=O. The summed E-state index contributed by atoms with van der Waals surface area (Å²) in [5, 5.41) is 6.31. The van der Waals surface area contributed by atoms with E-state index in [0.29, 0.717) is 13.0 Å². The van der Waals surface area contributed by atoms with E-state index in [0.717, 1.165) is 25.8 Å². The highest BCUT2D eigenvalue weighted by atomic mass is 16.2. The highest BCUT2D eigenvalue weighted by Crippen LogP contribution is 2.19. The lowest BCUT2D eigenvalue weighted by Crippen LogP contribution is -2.57. The van der Waals surface area contributed by atoms with E-state index in [1.807, 2.05) is 6.92 Å². The molecule has 2 saturated heterocycles. The number of carbonyl (C=O) groups excluding carboxylic acids is 2. The minimum Gasteiger partial charge on any atom is -0.350 e. The van der Waals surface area contributed by atoms with Crippen LogP contribution in [0.5, 0.6) is 0 Å². The van der Waals surface area contributed by atoms with Crippen LogP contribution in [0.4, 0.5) is 0 Å². The third-order valence-corrected chi connectivity index (χ3v) is 3.83. The van der Waals surface area contributed by atoms with Gasteiger partial charge in [0.25, 0.3) is 0 Å². The van der Waals surface area contributed by atoms with Crippen molar-refractivity contribution in [2.75, 3.05) is 20.1 Å². The molecule has 0 radical (unpaired) electrons. The number of rotatable bonds is 2. The van der Waals surface area contributed by atoms with Gasteiger partial charge in [0.1, 0.15) is 0 Å². The predicted molar refractivity (Wildman–Crippen MR) is 64.4 cm³/mol. The molecule has 2 heterocycles. The number of hydrogen-bond donors (Lipinski definition) is 2. The second-order valence-corrected chi connectivity index (χ2v) is 5.35. The van der Waals surface area contributed by atoms with E-state index in [4.69, 9.17) is 0 Å². The Morgan fingerprint density at radius 1 is 1.59 bits per heavy atom. The standard InChI is InChI=1S/C12H21N3O2/c1-12(6-3-7-13-12)11(17)14-9-4-5-10(16)15(2)8-9/h9,13H,3-8H2,1-2H3,(H,14,17). The molecule has 0 spiro atoms. The molecule has 2 aliphatic rings. The molecular formula is C12H21N3O2. The van der Waals surface area contributed by atoms with Gasteiger partial charge in [0.05, 0.1) is 5.54 Å². The van der Waals surface area contributed by atoms with Crippen molar-refractivity contribution in [1.29, 1.82) is 0 Å². The molecule has 2 amide bonds. The van der Waals surface area contributed by atoms with E-state index in [-0.39, 0.29) is 17.9 Å². The van der Waals surface area contributed by atoms with Gasteiger partial charge in [-0.1, -0.05) is 0 Å². The molecule has 2 aliphatic heterocycles. The lowest BCUT2D eigenvalue weighted by molar-refractivity contribution is -0.135. The van der Waals surface area contributed by atoms with Crippen molar-refractivity contribution < 1.29 is 9.59 Å². The van der Waals surface area contributed by atoms with Gasteiger partial charge >= 0.3 is 0 Å². The quantitative estimate of drug-likeness (QED) is 0.705. The zero-order chi connectivity index (χ0) is 12.5. The van der Waals surface area contributed by atoms with E-state index in [1.54, 1.807) is 11.9 Å². The number of likely N-dealkylation sites (N-methyl/N-ethyl adjacent to an activating group) is 1. The van der Waals surface area contributed by atoms with Crippen LogP contribution in [0.15, 0.2) is 0 Å². The number of nitrogens with zero attached hydrogens (tertiary/aromatic N) is 1. The Hall–Kier alpha value is -1.10. The van der Waals surface area contributed by atoms with Gasteiger partial charge in [-0.3, -0.25) is 9.59 Å². The van der Waals surface area contributed by atoms with Gasteiger partial charge in [0.2, 0.25) is 11.8 Å². The molecule has 0 aromatic rings. The Kier molecular flexibility index (Phi) is 3.38. The first-order valence-electron chi connectivity index (χ1n) is 6.31. The molecule has 0 saturated carbocycles. The summed E-state index contributed by atoms with van der Waals surface area (Å²) < 4.78 is 0. The molecule has 96 valence electrons. The fourth-order valence-corrected chi connectivity index (χ4v) is 2.56. The summed E-state index contributed by atoms with van der Waals surface area (Å²) in [6.07, 6.45) is 3.23. The number of nitrogens with one attached hydrogen (secondary N) is 2. The summed E-state index contributed by atoms with van der Waals surface area (Å²) in [5.74, 6) is 0.239. The van der Waals surface area contributed by atoms with Crippen LogP contribution in [0.2, 0.25) is 0 Å². The maximum atomic E-state index is 12.1. The van der Waals surface area contributed by atoms with E-state index >= 15 is 0 Å². The number of carbonyl (C=O) groups is 2. The molecule has 5 heteroatoms. The minimum atomic E-state index is -0.417. The molecular weight excluding hydrogens is 218 g/mol. The highest BCUT2D eigenvalue weighted by Gasteiger charge is 2.37. The fraction of sp³-hybridized carbons (Fsp3) is 0.833. The fourth-order valence-electron chi connectivity index (χ4n) is 2.56. The third kappa shape index (κ3) is 2.60. The molecule has 2 unspecified atom stereocenters. The molecule has 2 N–H and O–H groups in total. The van der Waals surface area contributed by atoms with Crippen LogP contribution >= 0.6 is 0 Å². The van der Waals surface area contributed by atoms with Gasteiger partial charge in [-0.2, -0.15) is 0 Å². The second kappa shape index (κ2) is 4.64. The first-order chi connectivity index (χ1) is 8.01. The molecule has 0 aromatic carbocycles. The normalized spacial score (nSPS) is 33.9. The van der Waals surface area contributed by atoms with Crippen LogP contribution in [0.25, 0.3) is 0 Å². The summed E-state index contributed by atoms with van der Waals surface area (Å²) >= 11 is 0. The first-order valence-corrected chi connectivity index (χ1v) is 6.31. The molecule has 2 fully saturated rings. The van der Waals surface area contributed by atoms with Crippen molar-refractivity contribution in [3.8, 4) is 0 Å². The van der Waals surface area contributed by atoms with Crippen molar-refractivity contribution in [2.45, 2.75) is 44.2 Å². The maximum Gasteiger partial charge on any atom is 0.240 e. The number of piperidine rings is 1. The van der Waals surface area contributed by atoms with Gasteiger partial charge in [-0.15, -0.1) is 0 Å². The average molecular weight is 239 g/mol. The van der Waals surface area contributed by atoms with Gasteiger partial charge in [0.15, 0.2) is 0 Å². The van der Waals surface area contributed by atoms with Crippen molar-refractivity contribution in [2.24, 2.45) is 0 Å². The molecule has 0 bridgehead atoms. The van der Waals surface area contributed by atoms with E-state index < -0.39 is 5.54 Å². The first kappa shape index (κ1) is 12.4. The summed E-state index contributed by atoms with van der Waals surface area (Å²) in [4.78, 5) is 25.2. The van der Waals surface area contributed by atoms with Crippen LogP contribution in [0.1, 0.15) is 32.6 Å². The second-order valence-electron chi connectivity index (χ2n) is 5.35. The van der Waals surface area contributed by atoms with Crippen molar-refractivity contribution in [1.82, 2.24) is 15.5 Å². The van der Waals surface area contributed by atoms with Crippen LogP contribution < -0.4 is 10.6 Å². The highest BCUT2D eigenvalue weighted by molar-refractivity contribution is 5.86. The lowest BCUT2D eigenvalue weighted by Gasteiger charge is -2.33. The van der Waals surface area contributed by atoms with E-state index in [2.05, 4.69) is 10.6 Å². The maximum absolute atomic E-state index is 12.1. The monoisotopic (exact) mass is 239 g/mol. The summed E-state index contributed by atoms with van der Waals surface area (Å²) in [7, 11) is 1.79. The van der Waals surface area contributed by atoms with Crippen molar-refractivity contribution in [3.63, 3.8) is 0 Å². The molecule has 17 heavy (non-hydrogen) atoms. The number of likely N-dealkylation sites (tertiary alicyclic amines) is 1. The minimum absolute atomic E-state index is 0.0720. The van der Waals surface area contributed by atoms with E-state index in [1.165, 1.54) is 0 Å². The van der Waals surface area contributed by atoms with Crippen LogP contribution in [-0.2, 0) is 9.59 Å². The molecule has 0 aromatic heterocycles. The molecule has 2 rings (SSSR count).